The third kappa shape index (κ3) is 1.62. The highest BCUT2D eigenvalue weighted by Gasteiger charge is 2.13. The zero-order chi connectivity index (χ0) is 7.40. The molecule has 0 radical (unpaired) electrons. The van der Waals surface area contributed by atoms with Gasteiger partial charge in [-0.05, 0) is 38.0 Å². The van der Waals surface area contributed by atoms with Crippen molar-refractivity contribution in [1.82, 2.24) is 0 Å². The fourth-order valence-electron chi connectivity index (χ4n) is 1.90. The topological polar surface area (TPSA) is 0 Å². The van der Waals surface area contributed by atoms with Gasteiger partial charge in [-0.25, -0.2) is 0 Å². The van der Waals surface area contributed by atoms with Gasteiger partial charge in [-0.15, -0.1) is 0 Å². The first kappa shape index (κ1) is 7.84. The maximum Gasteiger partial charge on any atom is -0.0206 e. The summed E-state index contributed by atoms with van der Waals surface area (Å²) in [7, 11) is 0. The molecule has 0 aromatic heterocycles. The van der Waals surface area contributed by atoms with Crippen molar-refractivity contribution >= 4 is 0 Å². The molecule has 1 aliphatic carbocycles. The van der Waals surface area contributed by atoms with E-state index in [1.807, 2.05) is 0 Å². The highest BCUT2D eigenvalue weighted by atomic mass is 14.2. The van der Waals surface area contributed by atoms with E-state index in [0.29, 0.717) is 0 Å². The molecular weight excluding hydrogens is 120 g/mol. The fraction of sp³-hybridized carbons (Fsp3) is 0.800. The van der Waals surface area contributed by atoms with Crippen molar-refractivity contribution in [2.75, 3.05) is 0 Å². The van der Waals surface area contributed by atoms with Crippen LogP contribution in [-0.2, 0) is 0 Å². The Labute approximate surface area is 64.3 Å². The molecule has 1 atom stereocenters. The van der Waals surface area contributed by atoms with E-state index >= 15 is 0 Å². The van der Waals surface area contributed by atoms with Crippen molar-refractivity contribution in [2.24, 2.45) is 5.92 Å². The average Bonchev–Trinajstić information content (AvgIpc) is 2.04. The highest BCUT2D eigenvalue weighted by molar-refractivity contribution is 5.08. The van der Waals surface area contributed by atoms with Crippen LogP contribution in [0.3, 0.4) is 0 Å². The summed E-state index contributed by atoms with van der Waals surface area (Å²) in [4.78, 5) is 0. The molecule has 0 nitrogen and oxygen atoms in total. The van der Waals surface area contributed by atoms with Crippen LogP contribution < -0.4 is 0 Å². The van der Waals surface area contributed by atoms with Crippen LogP contribution in [0.4, 0.5) is 0 Å². The second-order valence-corrected chi connectivity index (χ2v) is 3.17. The minimum Gasteiger partial charge on any atom is -0.0851 e. The molecule has 0 aliphatic heterocycles. The SMILES string of the molecule is CCC1=CCCCC1CC. The quantitative estimate of drug-likeness (QED) is 0.512. The molecule has 1 rings (SSSR count). The fourth-order valence-corrected chi connectivity index (χ4v) is 1.90. The summed E-state index contributed by atoms with van der Waals surface area (Å²) in [5.41, 5.74) is 1.72. The van der Waals surface area contributed by atoms with Gasteiger partial charge in [0.25, 0.3) is 0 Å². The molecule has 0 spiro atoms. The van der Waals surface area contributed by atoms with Gasteiger partial charge < -0.3 is 0 Å². The van der Waals surface area contributed by atoms with Crippen LogP contribution in [0.1, 0.15) is 46.0 Å². The van der Waals surface area contributed by atoms with Crippen molar-refractivity contribution in [2.45, 2.75) is 46.0 Å². The molecule has 58 valence electrons. The normalized spacial score (nSPS) is 26.2. The highest BCUT2D eigenvalue weighted by Crippen LogP contribution is 2.28. The Kier molecular flexibility index (Phi) is 2.98. The monoisotopic (exact) mass is 138 g/mol. The largest absolute Gasteiger partial charge is 0.0851 e. The van der Waals surface area contributed by atoms with Crippen LogP contribution in [0.2, 0.25) is 0 Å². The number of rotatable bonds is 2. The van der Waals surface area contributed by atoms with Gasteiger partial charge in [0.1, 0.15) is 0 Å². The molecule has 1 aliphatic rings. The van der Waals surface area contributed by atoms with Gasteiger partial charge in [-0.3, -0.25) is 0 Å². The van der Waals surface area contributed by atoms with Crippen LogP contribution in [0.15, 0.2) is 11.6 Å². The minimum atomic E-state index is 0.929. The summed E-state index contributed by atoms with van der Waals surface area (Å²) in [5.74, 6) is 0.929. The maximum absolute atomic E-state index is 2.46. The van der Waals surface area contributed by atoms with Crippen LogP contribution in [0.25, 0.3) is 0 Å². The Bertz CT molecular complexity index is 122. The van der Waals surface area contributed by atoms with Crippen molar-refractivity contribution in [1.29, 1.82) is 0 Å². The van der Waals surface area contributed by atoms with E-state index in [-0.39, 0.29) is 0 Å². The summed E-state index contributed by atoms with van der Waals surface area (Å²) in [6.45, 7) is 4.58. The van der Waals surface area contributed by atoms with E-state index in [1.165, 1.54) is 32.1 Å². The third-order valence-corrected chi connectivity index (χ3v) is 2.59. The predicted octanol–water partition coefficient (Wildman–Crippen LogP) is 3.53. The lowest BCUT2D eigenvalue weighted by Crippen LogP contribution is -2.06. The second kappa shape index (κ2) is 3.80. The van der Waals surface area contributed by atoms with Gasteiger partial charge in [0.2, 0.25) is 0 Å². The Morgan fingerprint density at radius 2 is 2.30 bits per heavy atom. The number of hydrogen-bond donors (Lipinski definition) is 0. The molecule has 0 fully saturated rings. The Morgan fingerprint density at radius 3 is 2.80 bits per heavy atom. The molecule has 0 aromatic carbocycles. The van der Waals surface area contributed by atoms with Gasteiger partial charge in [-0.1, -0.05) is 25.5 Å². The first-order valence-corrected chi connectivity index (χ1v) is 4.57. The molecule has 10 heavy (non-hydrogen) atoms. The Morgan fingerprint density at radius 1 is 1.50 bits per heavy atom. The van der Waals surface area contributed by atoms with E-state index in [4.69, 9.17) is 0 Å². The number of allylic oxidation sites excluding steroid dienone is 2. The Balaban J connectivity index is 2.53. The molecule has 0 bridgehead atoms. The molecule has 0 saturated carbocycles. The lowest BCUT2D eigenvalue weighted by Gasteiger charge is -2.21. The van der Waals surface area contributed by atoms with Gasteiger partial charge in [0, 0.05) is 0 Å². The lowest BCUT2D eigenvalue weighted by atomic mass is 9.85. The van der Waals surface area contributed by atoms with Crippen molar-refractivity contribution < 1.29 is 0 Å². The predicted molar refractivity (Wildman–Crippen MR) is 46.0 cm³/mol. The Hall–Kier alpha value is -0.260. The zero-order valence-corrected chi connectivity index (χ0v) is 7.19. The van der Waals surface area contributed by atoms with Crippen molar-refractivity contribution in [3.05, 3.63) is 11.6 Å². The van der Waals surface area contributed by atoms with Crippen LogP contribution >= 0.6 is 0 Å². The van der Waals surface area contributed by atoms with Crippen molar-refractivity contribution in [3.8, 4) is 0 Å². The summed E-state index contributed by atoms with van der Waals surface area (Å²) in [6.07, 6.45) is 9.27. The van der Waals surface area contributed by atoms with Gasteiger partial charge in [-0.2, -0.15) is 0 Å². The van der Waals surface area contributed by atoms with Crippen LogP contribution in [-0.4, -0.2) is 0 Å². The van der Waals surface area contributed by atoms with E-state index in [9.17, 15) is 0 Å². The molecule has 0 saturated heterocycles. The van der Waals surface area contributed by atoms with Gasteiger partial charge in [0.15, 0.2) is 0 Å². The van der Waals surface area contributed by atoms with Crippen LogP contribution in [0, 0.1) is 5.92 Å². The average molecular weight is 138 g/mol. The summed E-state index contributed by atoms with van der Waals surface area (Å²) < 4.78 is 0. The maximum atomic E-state index is 2.46. The van der Waals surface area contributed by atoms with Gasteiger partial charge >= 0.3 is 0 Å². The molecular formula is C10H18. The number of hydrogen-bond acceptors (Lipinski definition) is 0. The summed E-state index contributed by atoms with van der Waals surface area (Å²) >= 11 is 0. The smallest absolute Gasteiger partial charge is 0.0206 e. The lowest BCUT2D eigenvalue weighted by molar-refractivity contribution is 0.485. The first-order chi connectivity index (χ1) is 4.88. The van der Waals surface area contributed by atoms with Crippen LogP contribution in [0.5, 0.6) is 0 Å². The minimum absolute atomic E-state index is 0.929. The molecule has 0 amide bonds. The van der Waals surface area contributed by atoms with E-state index in [0.717, 1.165) is 5.92 Å². The van der Waals surface area contributed by atoms with E-state index < -0.39 is 0 Å². The first-order valence-electron chi connectivity index (χ1n) is 4.57. The van der Waals surface area contributed by atoms with Crippen molar-refractivity contribution in [3.63, 3.8) is 0 Å². The summed E-state index contributed by atoms with van der Waals surface area (Å²) in [5, 5.41) is 0. The van der Waals surface area contributed by atoms with Gasteiger partial charge in [0.05, 0.1) is 0 Å². The van der Waals surface area contributed by atoms with E-state index in [2.05, 4.69) is 19.9 Å². The second-order valence-electron chi connectivity index (χ2n) is 3.17. The molecule has 0 heteroatoms. The molecule has 0 aromatic rings. The zero-order valence-electron chi connectivity index (χ0n) is 7.19. The third-order valence-electron chi connectivity index (χ3n) is 2.59. The summed E-state index contributed by atoms with van der Waals surface area (Å²) in [6, 6.07) is 0. The molecule has 0 heterocycles. The molecule has 1 unspecified atom stereocenters. The van der Waals surface area contributed by atoms with E-state index in [1.54, 1.807) is 5.57 Å². The molecule has 0 N–H and O–H groups in total. The standard InChI is InChI=1S/C10H18/c1-3-9-7-5-6-8-10(9)4-2/h7,10H,3-6,8H2,1-2H3.